The quantitative estimate of drug-likeness (QED) is 0.368. The maximum absolute atomic E-state index is 13.2. The number of alkyl halides is 3. The van der Waals surface area contributed by atoms with Crippen LogP contribution in [0.2, 0.25) is 0 Å². The van der Waals surface area contributed by atoms with Gasteiger partial charge >= 0.3 is 6.09 Å². The first-order valence-corrected chi connectivity index (χ1v) is 15.0. The van der Waals surface area contributed by atoms with E-state index in [1.807, 2.05) is 11.9 Å². The Hall–Kier alpha value is -0.880. The molecule has 5 atom stereocenters. The third-order valence-electron chi connectivity index (χ3n) is 10.8. The lowest BCUT2D eigenvalue weighted by Crippen LogP contribution is -2.74. The van der Waals surface area contributed by atoms with Gasteiger partial charge in [-0.1, -0.05) is 60.6 Å². The fourth-order valence-electron chi connectivity index (χ4n) is 9.00. The van der Waals surface area contributed by atoms with Crippen molar-refractivity contribution in [2.24, 2.45) is 16.7 Å². The molecule has 4 aliphatic carbocycles. The zero-order valence-electron chi connectivity index (χ0n) is 22.2. The fraction of sp³-hybridized carbons (Fsp3) is 0.759. The summed E-state index contributed by atoms with van der Waals surface area (Å²) >= 11 is 17.6. The van der Waals surface area contributed by atoms with Crippen LogP contribution in [0, 0.1) is 16.7 Å². The van der Waals surface area contributed by atoms with E-state index >= 15 is 0 Å². The molecule has 1 aromatic carbocycles. The van der Waals surface area contributed by atoms with E-state index in [4.69, 9.17) is 44.3 Å². The van der Waals surface area contributed by atoms with Crippen molar-refractivity contribution in [2.75, 3.05) is 33.9 Å². The smallest absolute Gasteiger partial charge is 0.409 e. The Balaban J connectivity index is 1.38. The summed E-state index contributed by atoms with van der Waals surface area (Å²) in [6, 6.07) is 7.47. The van der Waals surface area contributed by atoms with E-state index in [0.29, 0.717) is 17.4 Å². The molecule has 0 bridgehead atoms. The van der Waals surface area contributed by atoms with Crippen molar-refractivity contribution >= 4 is 40.9 Å². The summed E-state index contributed by atoms with van der Waals surface area (Å²) < 4.78 is 9.58. The van der Waals surface area contributed by atoms with Crippen LogP contribution in [-0.4, -0.2) is 65.6 Å². The lowest BCUT2D eigenvalue weighted by atomic mass is 9.46. The second kappa shape index (κ2) is 9.08. The number of carbonyl (C=O) groups excluding carboxylic acids is 1. The van der Waals surface area contributed by atoms with Gasteiger partial charge in [-0.2, -0.15) is 0 Å². The lowest BCUT2D eigenvalue weighted by Gasteiger charge is -2.67. The maximum Gasteiger partial charge on any atom is 0.409 e. The first-order chi connectivity index (χ1) is 17.5. The number of halogens is 3. The molecule has 0 aromatic heterocycles. The molecule has 1 aliphatic heterocycles. The summed E-state index contributed by atoms with van der Waals surface area (Å²) in [4.78, 5) is 17.8. The molecule has 8 heteroatoms. The van der Waals surface area contributed by atoms with Gasteiger partial charge in [0.15, 0.2) is 0 Å². The second-order valence-electron chi connectivity index (χ2n) is 12.8. The molecular formula is C29H39Cl3N2O3. The van der Waals surface area contributed by atoms with Gasteiger partial charge in [-0.15, -0.1) is 0 Å². The van der Waals surface area contributed by atoms with Crippen molar-refractivity contribution in [3.8, 4) is 5.75 Å². The standard InChI is InChI=1S/C29H39Cl3N2O3/c1-26(12-13-26)16-34-17-27-15-19-9-10-20(36-3)14-22(19)28(27)11-5-7-23(21(28)6-4-8-24(27)34)33(2)25(35)37-18-29(30,31)32/h9-10,14,21,23-24H,4-8,11-13,15-18H2,1-3H3. The zero-order chi connectivity index (χ0) is 26.2. The first-order valence-electron chi connectivity index (χ1n) is 13.9. The second-order valence-corrected chi connectivity index (χ2v) is 15.4. The molecule has 1 amide bonds. The number of benzene rings is 1. The summed E-state index contributed by atoms with van der Waals surface area (Å²) in [6.07, 6.45) is 10.2. The number of likely N-dealkylation sites (tertiary alicyclic amines) is 1. The molecule has 1 saturated heterocycles. The molecule has 2 spiro atoms. The van der Waals surface area contributed by atoms with Crippen LogP contribution >= 0.6 is 34.8 Å². The van der Waals surface area contributed by atoms with E-state index in [1.165, 1.54) is 49.8 Å². The van der Waals surface area contributed by atoms with Gasteiger partial charge in [0.05, 0.1) is 7.11 Å². The molecule has 0 N–H and O–H groups in total. The van der Waals surface area contributed by atoms with Gasteiger partial charge in [0.25, 0.3) is 0 Å². The van der Waals surface area contributed by atoms with Crippen LogP contribution in [0.3, 0.4) is 0 Å². The number of amides is 1. The SMILES string of the molecule is COc1ccc2c(c1)C13CCCC(N(C)C(=O)OCC(Cl)(Cl)Cl)C1CCCC1N(CC4(C)CC4)CC13C2. The number of fused-ring (bicyclic) bond motifs is 1. The van der Waals surface area contributed by atoms with Gasteiger partial charge in [0.2, 0.25) is 3.79 Å². The third kappa shape index (κ3) is 4.17. The van der Waals surface area contributed by atoms with Crippen molar-refractivity contribution in [1.29, 1.82) is 0 Å². The van der Waals surface area contributed by atoms with Crippen molar-refractivity contribution < 1.29 is 14.3 Å². The highest BCUT2D eigenvalue weighted by atomic mass is 35.6. The van der Waals surface area contributed by atoms with Crippen molar-refractivity contribution in [3.63, 3.8) is 0 Å². The predicted octanol–water partition coefficient (Wildman–Crippen LogP) is 6.75. The number of carbonyl (C=O) groups is 1. The minimum atomic E-state index is -1.61. The Morgan fingerprint density at radius 3 is 2.65 bits per heavy atom. The van der Waals surface area contributed by atoms with E-state index in [0.717, 1.165) is 38.0 Å². The monoisotopic (exact) mass is 568 g/mol. The maximum atomic E-state index is 13.2. The van der Waals surface area contributed by atoms with E-state index in [9.17, 15) is 4.79 Å². The van der Waals surface area contributed by atoms with Gasteiger partial charge in [-0.3, -0.25) is 4.90 Å². The van der Waals surface area contributed by atoms with E-state index in [2.05, 4.69) is 30.0 Å². The van der Waals surface area contributed by atoms with Gasteiger partial charge in [0.1, 0.15) is 12.4 Å². The van der Waals surface area contributed by atoms with Crippen LogP contribution in [0.15, 0.2) is 18.2 Å². The number of hydrogen-bond donors (Lipinski definition) is 0. The Morgan fingerprint density at radius 1 is 1.16 bits per heavy atom. The van der Waals surface area contributed by atoms with Gasteiger partial charge in [-0.05, 0) is 79.5 Å². The van der Waals surface area contributed by atoms with Crippen LogP contribution in [0.4, 0.5) is 4.79 Å². The van der Waals surface area contributed by atoms with E-state index in [-0.39, 0.29) is 23.5 Å². The highest BCUT2D eigenvalue weighted by Crippen LogP contribution is 2.70. The van der Waals surface area contributed by atoms with Crippen LogP contribution in [0.5, 0.6) is 5.75 Å². The van der Waals surface area contributed by atoms with Gasteiger partial charge in [0, 0.05) is 43.1 Å². The number of hydrogen-bond acceptors (Lipinski definition) is 4. The number of methoxy groups -OCH3 is 1. The first kappa shape index (κ1) is 26.3. The zero-order valence-corrected chi connectivity index (χ0v) is 24.5. The number of ether oxygens (including phenoxy) is 2. The van der Waals surface area contributed by atoms with Crippen LogP contribution in [-0.2, 0) is 16.6 Å². The summed E-state index contributed by atoms with van der Waals surface area (Å²) in [6.45, 7) is 4.60. The Labute approximate surface area is 236 Å². The Morgan fingerprint density at radius 2 is 1.95 bits per heavy atom. The topological polar surface area (TPSA) is 42.0 Å². The average Bonchev–Trinajstić information content (AvgIpc) is 3.54. The summed E-state index contributed by atoms with van der Waals surface area (Å²) in [5, 5.41) is 0. The van der Waals surface area contributed by atoms with Crippen LogP contribution < -0.4 is 4.74 Å². The fourth-order valence-corrected chi connectivity index (χ4v) is 9.17. The predicted molar refractivity (Wildman–Crippen MR) is 148 cm³/mol. The highest BCUT2D eigenvalue weighted by Gasteiger charge is 2.72. The van der Waals surface area contributed by atoms with E-state index in [1.54, 1.807) is 7.11 Å². The highest BCUT2D eigenvalue weighted by molar-refractivity contribution is 6.67. The molecule has 3 saturated carbocycles. The number of nitrogens with zero attached hydrogens (tertiary/aromatic N) is 2. The molecule has 204 valence electrons. The van der Waals surface area contributed by atoms with Crippen molar-refractivity contribution in [3.05, 3.63) is 29.3 Å². The normalized spacial score (nSPS) is 35.7. The summed E-state index contributed by atoms with van der Waals surface area (Å²) in [5.41, 5.74) is 3.73. The molecule has 37 heavy (non-hydrogen) atoms. The Kier molecular flexibility index (Phi) is 6.46. The molecule has 5 nitrogen and oxygen atoms in total. The molecule has 5 aliphatic rings. The molecular weight excluding hydrogens is 531 g/mol. The van der Waals surface area contributed by atoms with Crippen LogP contribution in [0.1, 0.15) is 69.4 Å². The van der Waals surface area contributed by atoms with Gasteiger partial charge in [-0.25, -0.2) is 4.79 Å². The van der Waals surface area contributed by atoms with E-state index < -0.39 is 9.89 Å². The molecule has 1 aromatic rings. The number of rotatable bonds is 5. The molecule has 0 radical (unpaired) electrons. The third-order valence-corrected chi connectivity index (χ3v) is 11.1. The summed E-state index contributed by atoms with van der Waals surface area (Å²) in [7, 11) is 3.64. The molecule has 6 rings (SSSR count). The minimum Gasteiger partial charge on any atom is -0.497 e. The Bertz CT molecular complexity index is 1070. The van der Waals surface area contributed by atoms with Crippen molar-refractivity contribution in [1.82, 2.24) is 9.80 Å². The molecule has 4 fully saturated rings. The minimum absolute atomic E-state index is 0.0334. The van der Waals surface area contributed by atoms with Crippen LogP contribution in [0.25, 0.3) is 0 Å². The molecule has 1 heterocycles. The average molecular weight is 570 g/mol. The van der Waals surface area contributed by atoms with Crippen molar-refractivity contribution in [2.45, 2.75) is 86.0 Å². The summed E-state index contributed by atoms with van der Waals surface area (Å²) in [5.74, 6) is 1.30. The lowest BCUT2D eigenvalue weighted by molar-refractivity contribution is -0.151. The largest absolute Gasteiger partial charge is 0.497 e. The molecule has 5 unspecified atom stereocenters. The van der Waals surface area contributed by atoms with Gasteiger partial charge < -0.3 is 14.4 Å².